The molecule has 0 saturated carbocycles. The lowest BCUT2D eigenvalue weighted by Crippen LogP contribution is -2.03. The lowest BCUT2D eigenvalue weighted by molar-refractivity contribution is 0.344. The zero-order valence-corrected chi connectivity index (χ0v) is 16.9. The molecule has 0 unspecified atom stereocenters. The van der Waals surface area contributed by atoms with Crippen LogP contribution in [-0.4, -0.2) is 27.1 Å². The van der Waals surface area contributed by atoms with Gasteiger partial charge in [0.15, 0.2) is 11.0 Å². The van der Waals surface area contributed by atoms with Crippen LogP contribution in [0.3, 0.4) is 0 Å². The average Bonchev–Trinajstić information content (AvgIpc) is 3.17. The molecule has 146 valence electrons. The molecule has 0 aliphatic rings. The van der Waals surface area contributed by atoms with Gasteiger partial charge in [0.25, 0.3) is 0 Å². The van der Waals surface area contributed by atoms with Crippen LogP contribution in [0.25, 0.3) is 17.1 Å². The van der Waals surface area contributed by atoms with Crippen molar-refractivity contribution in [2.24, 2.45) is 0 Å². The predicted octanol–water partition coefficient (Wildman–Crippen LogP) is 5.90. The normalized spacial score (nSPS) is 10.8. The van der Waals surface area contributed by atoms with Crippen molar-refractivity contribution >= 4 is 23.4 Å². The van der Waals surface area contributed by atoms with Crippen molar-refractivity contribution in [3.05, 3.63) is 89.7 Å². The van der Waals surface area contributed by atoms with Crippen LogP contribution in [0, 0.1) is 5.82 Å². The minimum absolute atomic E-state index is 0.286. The molecule has 1 aromatic heterocycles. The SMILES string of the molecule is Fc1ccc(-c2nnc(SCCOc3ccccc3Cl)n2-c2ccccc2)cc1. The van der Waals surface area contributed by atoms with E-state index in [0.29, 0.717) is 29.0 Å². The van der Waals surface area contributed by atoms with Gasteiger partial charge in [0.1, 0.15) is 11.6 Å². The summed E-state index contributed by atoms with van der Waals surface area (Å²) < 4.78 is 21.1. The fraction of sp³-hybridized carbons (Fsp3) is 0.0909. The largest absolute Gasteiger partial charge is 0.491 e. The maximum Gasteiger partial charge on any atom is 0.196 e. The van der Waals surface area contributed by atoms with E-state index in [2.05, 4.69) is 10.2 Å². The third-order valence-electron chi connectivity index (χ3n) is 4.16. The predicted molar refractivity (Wildman–Crippen MR) is 114 cm³/mol. The van der Waals surface area contributed by atoms with E-state index < -0.39 is 0 Å². The monoisotopic (exact) mass is 425 g/mol. The Labute approximate surface area is 177 Å². The quantitative estimate of drug-likeness (QED) is 0.273. The van der Waals surface area contributed by atoms with Gasteiger partial charge in [0, 0.05) is 17.0 Å². The van der Waals surface area contributed by atoms with E-state index in [4.69, 9.17) is 16.3 Å². The highest BCUT2D eigenvalue weighted by Gasteiger charge is 2.16. The molecule has 0 saturated heterocycles. The van der Waals surface area contributed by atoms with Crippen LogP contribution in [0.1, 0.15) is 0 Å². The second kappa shape index (κ2) is 9.11. The maximum atomic E-state index is 13.3. The highest BCUT2D eigenvalue weighted by atomic mass is 35.5. The minimum Gasteiger partial charge on any atom is -0.491 e. The Kier molecular flexibility index (Phi) is 6.12. The number of thioether (sulfide) groups is 1. The van der Waals surface area contributed by atoms with Crippen LogP contribution in [0.4, 0.5) is 4.39 Å². The van der Waals surface area contributed by atoms with Crippen molar-refractivity contribution in [3.63, 3.8) is 0 Å². The van der Waals surface area contributed by atoms with Crippen molar-refractivity contribution in [1.82, 2.24) is 14.8 Å². The molecule has 4 rings (SSSR count). The van der Waals surface area contributed by atoms with Crippen LogP contribution in [0.2, 0.25) is 5.02 Å². The summed E-state index contributed by atoms with van der Waals surface area (Å²) in [6.45, 7) is 0.474. The molecule has 0 fully saturated rings. The van der Waals surface area contributed by atoms with E-state index in [0.717, 1.165) is 16.4 Å². The Balaban J connectivity index is 1.55. The standard InChI is InChI=1S/C22H17ClFN3OS/c23-19-8-4-5-9-20(19)28-14-15-29-22-26-25-21(16-10-12-17(24)13-11-16)27(22)18-6-2-1-3-7-18/h1-13H,14-15H2. The molecule has 0 aliphatic carbocycles. The van der Waals surface area contributed by atoms with Crippen LogP contribution in [0.15, 0.2) is 84.0 Å². The summed E-state index contributed by atoms with van der Waals surface area (Å²) in [6, 6.07) is 23.5. The summed E-state index contributed by atoms with van der Waals surface area (Å²) in [5.74, 6) is 1.70. The van der Waals surface area contributed by atoms with E-state index in [1.54, 1.807) is 18.2 Å². The van der Waals surface area contributed by atoms with Crippen molar-refractivity contribution in [2.75, 3.05) is 12.4 Å². The summed E-state index contributed by atoms with van der Waals surface area (Å²) in [5.41, 5.74) is 1.73. The molecule has 0 spiro atoms. The first-order valence-electron chi connectivity index (χ1n) is 8.99. The van der Waals surface area contributed by atoms with Gasteiger partial charge in [-0.1, -0.05) is 53.7 Å². The molecule has 0 atom stereocenters. The number of nitrogens with zero attached hydrogens (tertiary/aromatic N) is 3. The number of hydrogen-bond acceptors (Lipinski definition) is 4. The number of benzene rings is 3. The lowest BCUT2D eigenvalue weighted by atomic mass is 10.2. The van der Waals surface area contributed by atoms with E-state index in [-0.39, 0.29) is 5.82 Å². The lowest BCUT2D eigenvalue weighted by Gasteiger charge is -2.11. The fourth-order valence-electron chi connectivity index (χ4n) is 2.81. The molecular weight excluding hydrogens is 409 g/mol. The van der Waals surface area contributed by atoms with Crippen molar-refractivity contribution in [3.8, 4) is 22.8 Å². The second-order valence-corrected chi connectivity index (χ2v) is 7.58. The van der Waals surface area contributed by atoms with Gasteiger partial charge in [-0.05, 0) is 48.5 Å². The number of aromatic nitrogens is 3. The highest BCUT2D eigenvalue weighted by molar-refractivity contribution is 7.99. The van der Waals surface area contributed by atoms with Crippen LogP contribution in [0.5, 0.6) is 5.75 Å². The number of hydrogen-bond donors (Lipinski definition) is 0. The first-order valence-corrected chi connectivity index (χ1v) is 10.4. The van der Waals surface area contributed by atoms with E-state index in [1.807, 2.05) is 53.1 Å². The Morgan fingerprint density at radius 3 is 2.38 bits per heavy atom. The van der Waals surface area contributed by atoms with Gasteiger partial charge < -0.3 is 4.74 Å². The van der Waals surface area contributed by atoms with Crippen molar-refractivity contribution in [1.29, 1.82) is 0 Å². The number of para-hydroxylation sites is 2. The molecule has 0 bridgehead atoms. The molecule has 0 amide bonds. The van der Waals surface area contributed by atoms with Gasteiger partial charge in [0.2, 0.25) is 0 Å². The smallest absolute Gasteiger partial charge is 0.196 e. The summed E-state index contributed by atoms with van der Waals surface area (Å²) in [4.78, 5) is 0. The molecule has 29 heavy (non-hydrogen) atoms. The van der Waals surface area contributed by atoms with Gasteiger partial charge in [-0.25, -0.2) is 4.39 Å². The summed E-state index contributed by atoms with van der Waals surface area (Å²) in [5, 5.41) is 10.0. The number of ether oxygens (including phenoxy) is 1. The zero-order valence-electron chi connectivity index (χ0n) is 15.3. The number of rotatable bonds is 7. The zero-order chi connectivity index (χ0) is 20.1. The van der Waals surface area contributed by atoms with Crippen molar-refractivity contribution in [2.45, 2.75) is 5.16 Å². The van der Waals surface area contributed by atoms with Gasteiger partial charge in [-0.2, -0.15) is 0 Å². The first-order chi connectivity index (χ1) is 14.2. The highest BCUT2D eigenvalue weighted by Crippen LogP contribution is 2.28. The van der Waals surface area contributed by atoms with Crippen LogP contribution >= 0.6 is 23.4 Å². The van der Waals surface area contributed by atoms with Crippen LogP contribution < -0.4 is 4.74 Å². The average molecular weight is 426 g/mol. The Bertz CT molecular complexity index is 1090. The Hall–Kier alpha value is -2.83. The molecule has 0 N–H and O–H groups in total. The van der Waals surface area contributed by atoms with Gasteiger partial charge in [0.05, 0.1) is 11.6 Å². The maximum absolute atomic E-state index is 13.3. The van der Waals surface area contributed by atoms with Gasteiger partial charge in [-0.3, -0.25) is 4.57 Å². The molecule has 4 nitrogen and oxygen atoms in total. The minimum atomic E-state index is -0.286. The Morgan fingerprint density at radius 1 is 0.897 bits per heavy atom. The van der Waals surface area contributed by atoms with Gasteiger partial charge >= 0.3 is 0 Å². The molecule has 0 radical (unpaired) electrons. The summed E-state index contributed by atoms with van der Waals surface area (Å²) in [7, 11) is 0. The molecule has 3 aromatic carbocycles. The van der Waals surface area contributed by atoms with E-state index >= 15 is 0 Å². The van der Waals surface area contributed by atoms with Gasteiger partial charge in [-0.15, -0.1) is 10.2 Å². The van der Waals surface area contributed by atoms with E-state index in [9.17, 15) is 4.39 Å². The molecule has 1 heterocycles. The summed E-state index contributed by atoms with van der Waals surface area (Å²) >= 11 is 7.66. The molecule has 7 heteroatoms. The van der Waals surface area contributed by atoms with Crippen LogP contribution in [-0.2, 0) is 0 Å². The fourth-order valence-corrected chi connectivity index (χ4v) is 3.76. The molecule has 4 aromatic rings. The molecule has 0 aliphatic heterocycles. The Morgan fingerprint density at radius 2 is 1.62 bits per heavy atom. The summed E-state index contributed by atoms with van der Waals surface area (Å²) in [6.07, 6.45) is 0. The van der Waals surface area contributed by atoms with E-state index in [1.165, 1.54) is 23.9 Å². The first kappa shape index (κ1) is 19.5. The second-order valence-electron chi connectivity index (χ2n) is 6.11. The third-order valence-corrected chi connectivity index (χ3v) is 5.36. The number of halogens is 2. The third kappa shape index (κ3) is 4.60. The topological polar surface area (TPSA) is 39.9 Å². The molecular formula is C22H17ClFN3OS. The van der Waals surface area contributed by atoms with Crippen molar-refractivity contribution < 1.29 is 9.13 Å².